The number of halogens is 6. The van der Waals surface area contributed by atoms with Crippen molar-refractivity contribution in [3.05, 3.63) is 92.1 Å². The molecule has 50 heavy (non-hydrogen) atoms. The Labute approximate surface area is 296 Å². The number of benzene rings is 2. The number of methoxy groups -OCH3 is 1. The molecule has 2 aliphatic carbocycles. The molecule has 7 rings (SSSR count). The van der Waals surface area contributed by atoms with Crippen LogP contribution in [0.25, 0.3) is 0 Å². The number of pyridine rings is 1. The normalized spacial score (nSPS) is 27.6. The lowest BCUT2D eigenvalue weighted by molar-refractivity contribution is -0.173. The van der Waals surface area contributed by atoms with Gasteiger partial charge in [0, 0.05) is 17.1 Å². The van der Waals surface area contributed by atoms with Crippen LogP contribution in [0.5, 0.6) is 11.5 Å². The lowest BCUT2D eigenvalue weighted by atomic mass is 9.49. The highest BCUT2D eigenvalue weighted by Crippen LogP contribution is 2.64. The lowest BCUT2D eigenvalue weighted by Crippen LogP contribution is -2.53. The summed E-state index contributed by atoms with van der Waals surface area (Å²) in [6.45, 7) is 0. The van der Waals surface area contributed by atoms with Gasteiger partial charge in [-0.25, -0.2) is 4.98 Å². The van der Waals surface area contributed by atoms with Gasteiger partial charge in [0.25, 0.3) is 23.6 Å². The summed E-state index contributed by atoms with van der Waals surface area (Å²) in [4.78, 5) is 59.7. The topological polar surface area (TPSA) is 149 Å². The number of alkyl halides is 3. The minimum absolute atomic E-state index is 0.0220. The standard InChI is InChI=1S/C33H24Cl3F3N4O7/c1-50-23-9-13(8-21(35)26(23)44)25-17-6-7-18-24(30(47)43(49)28(18)45)19(17)11-20-29(46)42(31(48)32(20,25)14-2-4-16(34)5-3-14)41-27-22(36)10-15(12-40-27)33(37,38)39/h2-6,8-10,12,18-20,24-25,44,49H,7,11H2,1H3,(H,40,41)/t18-,19+,20-,24-,25-,32+/m0/s1. The number of ether oxygens (including phenoxy) is 1. The van der Waals surface area contributed by atoms with Crippen LogP contribution in [-0.4, -0.2) is 56.1 Å². The first-order valence-corrected chi connectivity index (χ1v) is 16.2. The van der Waals surface area contributed by atoms with Gasteiger partial charge in [-0.2, -0.15) is 23.2 Å². The van der Waals surface area contributed by atoms with Crippen molar-refractivity contribution >= 4 is 64.2 Å². The third-order valence-corrected chi connectivity index (χ3v) is 11.0. The zero-order valence-electron chi connectivity index (χ0n) is 25.5. The number of phenols is 1. The average Bonchev–Trinajstić information content (AvgIpc) is 3.43. The van der Waals surface area contributed by atoms with Crippen molar-refractivity contribution in [1.82, 2.24) is 15.1 Å². The van der Waals surface area contributed by atoms with Crippen molar-refractivity contribution in [3.63, 3.8) is 0 Å². The highest BCUT2D eigenvalue weighted by atomic mass is 35.5. The van der Waals surface area contributed by atoms with Crippen LogP contribution in [0.2, 0.25) is 15.1 Å². The van der Waals surface area contributed by atoms with Gasteiger partial charge in [-0.3, -0.25) is 29.8 Å². The molecule has 3 aromatic rings. The molecule has 11 nitrogen and oxygen atoms in total. The number of imide groups is 2. The number of nitrogens with one attached hydrogen (secondary N) is 1. The molecule has 260 valence electrons. The summed E-state index contributed by atoms with van der Waals surface area (Å²) in [5.74, 6) is -9.46. The number of anilines is 1. The Hall–Kier alpha value is -4.37. The SMILES string of the molecule is COc1cc([C@H]2C3=CC[C@@H]4C(=O)N(O)C(=O)[C@@H]4[C@@H]3C[C@H]3C(=O)N(Nc4ncc(C(F)(F)F)cc4Cl)C(=O)[C@@]23c2ccc(Cl)cc2)cc(Cl)c1O. The average molecular weight is 752 g/mol. The monoisotopic (exact) mass is 750 g/mol. The maximum Gasteiger partial charge on any atom is 0.417 e. The number of aromatic hydroxyl groups is 1. The quantitative estimate of drug-likeness (QED) is 0.159. The second-order valence-corrected chi connectivity index (χ2v) is 13.7. The van der Waals surface area contributed by atoms with E-state index in [2.05, 4.69) is 10.4 Å². The Morgan fingerprint density at radius 1 is 0.980 bits per heavy atom. The summed E-state index contributed by atoms with van der Waals surface area (Å²) in [6.07, 6.45) is -2.69. The third-order valence-electron chi connectivity index (χ3n) is 10.1. The molecule has 1 saturated carbocycles. The highest BCUT2D eigenvalue weighted by molar-refractivity contribution is 6.33. The first-order chi connectivity index (χ1) is 23.6. The smallest absolute Gasteiger partial charge is 0.417 e. The molecule has 0 spiro atoms. The van der Waals surface area contributed by atoms with Crippen molar-refractivity contribution in [3.8, 4) is 11.5 Å². The summed E-state index contributed by atoms with van der Waals surface area (Å²) < 4.78 is 45.5. The van der Waals surface area contributed by atoms with Crippen LogP contribution in [0, 0.1) is 23.7 Å². The number of carbonyl (C=O) groups excluding carboxylic acids is 4. The van der Waals surface area contributed by atoms with Gasteiger partial charge in [0.1, 0.15) is 0 Å². The van der Waals surface area contributed by atoms with Gasteiger partial charge in [0.05, 0.1) is 45.9 Å². The number of allylic oxidation sites excluding steroid dienone is 2. The molecule has 3 N–H and O–H groups in total. The van der Waals surface area contributed by atoms with E-state index in [0.29, 0.717) is 39.0 Å². The summed E-state index contributed by atoms with van der Waals surface area (Å²) in [5, 5.41) is 21.3. The maximum atomic E-state index is 15.1. The fraction of sp³-hybridized carbons (Fsp3) is 0.303. The summed E-state index contributed by atoms with van der Waals surface area (Å²) in [5.41, 5.74) is 0.644. The van der Waals surface area contributed by atoms with Crippen LogP contribution in [0.4, 0.5) is 19.0 Å². The molecule has 1 aromatic heterocycles. The Morgan fingerprint density at radius 2 is 1.68 bits per heavy atom. The zero-order chi connectivity index (χ0) is 36.0. The van der Waals surface area contributed by atoms with Crippen molar-refractivity contribution in [2.75, 3.05) is 12.5 Å². The third kappa shape index (κ3) is 4.87. The number of carbonyl (C=O) groups is 4. The number of fused-ring (bicyclic) bond motifs is 4. The summed E-state index contributed by atoms with van der Waals surface area (Å²) in [7, 11) is 1.29. The van der Waals surface area contributed by atoms with Gasteiger partial charge in [-0.15, -0.1) is 0 Å². The summed E-state index contributed by atoms with van der Waals surface area (Å²) >= 11 is 18.9. The number of phenolic OH excluding ortho intramolecular Hbond substituents is 1. The number of amides is 4. The van der Waals surface area contributed by atoms with Crippen LogP contribution in [-0.2, 0) is 30.8 Å². The van der Waals surface area contributed by atoms with Crippen LogP contribution in [0.3, 0.4) is 0 Å². The fourth-order valence-corrected chi connectivity index (χ4v) is 8.61. The van der Waals surface area contributed by atoms with Crippen molar-refractivity contribution in [2.24, 2.45) is 23.7 Å². The van der Waals surface area contributed by atoms with Gasteiger partial charge in [-0.1, -0.05) is 58.6 Å². The molecule has 3 heterocycles. The molecule has 0 bridgehead atoms. The highest BCUT2D eigenvalue weighted by Gasteiger charge is 2.70. The molecule has 6 atom stereocenters. The molecule has 17 heteroatoms. The van der Waals surface area contributed by atoms with Gasteiger partial charge in [0.15, 0.2) is 17.3 Å². The van der Waals surface area contributed by atoms with E-state index in [1.54, 1.807) is 18.2 Å². The first-order valence-electron chi connectivity index (χ1n) is 15.1. The molecule has 4 aliphatic rings. The Balaban J connectivity index is 1.47. The summed E-state index contributed by atoms with van der Waals surface area (Å²) in [6, 6.07) is 9.60. The van der Waals surface area contributed by atoms with E-state index in [9.17, 15) is 37.9 Å². The maximum absolute atomic E-state index is 15.1. The largest absolute Gasteiger partial charge is 0.503 e. The molecule has 3 fully saturated rings. The molecule has 0 radical (unpaired) electrons. The van der Waals surface area contributed by atoms with Crippen LogP contribution in [0.1, 0.15) is 35.4 Å². The van der Waals surface area contributed by atoms with E-state index < -0.39 is 87.0 Å². The fourth-order valence-electron chi connectivity index (χ4n) is 8.06. The number of aromatic nitrogens is 1. The minimum Gasteiger partial charge on any atom is -0.503 e. The Bertz CT molecular complexity index is 2030. The van der Waals surface area contributed by atoms with Crippen molar-refractivity contribution in [2.45, 2.75) is 30.4 Å². The van der Waals surface area contributed by atoms with E-state index in [1.165, 1.54) is 31.4 Å². The van der Waals surface area contributed by atoms with E-state index in [-0.39, 0.29) is 28.7 Å². The second-order valence-electron chi connectivity index (χ2n) is 12.5. The number of hydrogen-bond acceptors (Lipinski definition) is 9. The molecule has 0 unspecified atom stereocenters. The molecular weight excluding hydrogens is 728 g/mol. The predicted molar refractivity (Wildman–Crippen MR) is 170 cm³/mol. The predicted octanol–water partition coefficient (Wildman–Crippen LogP) is 6.15. The van der Waals surface area contributed by atoms with E-state index in [4.69, 9.17) is 39.5 Å². The molecule has 2 aromatic carbocycles. The number of rotatable bonds is 5. The minimum atomic E-state index is -4.77. The van der Waals surface area contributed by atoms with Gasteiger partial charge in [-0.05, 0) is 60.2 Å². The van der Waals surface area contributed by atoms with Crippen LogP contribution >= 0.6 is 34.8 Å². The van der Waals surface area contributed by atoms with E-state index in [1.807, 2.05) is 0 Å². The van der Waals surface area contributed by atoms with E-state index >= 15 is 4.79 Å². The number of hydrogen-bond donors (Lipinski definition) is 3. The second kappa shape index (κ2) is 11.9. The Kier molecular flexibility index (Phi) is 8.09. The molecular formula is C33H24Cl3F3N4O7. The lowest BCUT2D eigenvalue weighted by Gasteiger charge is -2.50. The molecule has 4 amide bonds. The first kappa shape index (κ1) is 34.1. The van der Waals surface area contributed by atoms with Crippen LogP contribution in [0.15, 0.2) is 60.3 Å². The van der Waals surface area contributed by atoms with Gasteiger partial charge < -0.3 is 9.84 Å². The van der Waals surface area contributed by atoms with Crippen LogP contribution < -0.4 is 10.2 Å². The van der Waals surface area contributed by atoms with E-state index in [0.717, 1.165) is 0 Å². The number of hydrazine groups is 1. The van der Waals surface area contributed by atoms with Crippen molar-refractivity contribution < 1.29 is 47.4 Å². The zero-order valence-corrected chi connectivity index (χ0v) is 27.8. The Morgan fingerprint density at radius 3 is 2.32 bits per heavy atom. The van der Waals surface area contributed by atoms with Crippen molar-refractivity contribution in [1.29, 1.82) is 0 Å². The van der Waals surface area contributed by atoms with Gasteiger partial charge >= 0.3 is 6.18 Å². The number of nitrogens with zero attached hydrogens (tertiary/aromatic N) is 3. The molecule has 2 saturated heterocycles. The molecule has 2 aliphatic heterocycles. The van der Waals surface area contributed by atoms with Gasteiger partial charge in [0.2, 0.25) is 0 Å². The number of hydroxylamine groups is 2.